The molecule has 1 fully saturated rings. The second-order valence-electron chi connectivity index (χ2n) is 5.78. The molecule has 1 aromatic carbocycles. The van der Waals surface area contributed by atoms with Crippen molar-refractivity contribution in [3.05, 3.63) is 29.8 Å². The van der Waals surface area contributed by atoms with Crippen molar-refractivity contribution in [3.63, 3.8) is 0 Å². The highest BCUT2D eigenvalue weighted by Crippen LogP contribution is 2.26. The van der Waals surface area contributed by atoms with E-state index in [4.69, 9.17) is 10.5 Å². The summed E-state index contributed by atoms with van der Waals surface area (Å²) in [6, 6.07) is 7.13. The first-order valence-electron chi connectivity index (χ1n) is 7.96. The Morgan fingerprint density at radius 2 is 1.95 bits per heavy atom. The summed E-state index contributed by atoms with van der Waals surface area (Å²) in [6.07, 6.45) is 6.38. The van der Waals surface area contributed by atoms with E-state index >= 15 is 0 Å². The average molecular weight is 290 g/mol. The van der Waals surface area contributed by atoms with Crippen LogP contribution in [0.4, 0.5) is 5.69 Å². The van der Waals surface area contributed by atoms with E-state index in [9.17, 15) is 4.79 Å². The molecule has 0 bridgehead atoms. The fourth-order valence-corrected chi connectivity index (χ4v) is 3.03. The van der Waals surface area contributed by atoms with Crippen LogP contribution in [0.2, 0.25) is 0 Å². The summed E-state index contributed by atoms with van der Waals surface area (Å²) >= 11 is 0. The number of hydrogen-bond acceptors (Lipinski definition) is 4. The normalized spacial score (nSPS) is 17.4. The Balaban J connectivity index is 1.88. The number of likely N-dealkylation sites (N-methyl/N-ethyl adjacent to an activating group) is 1. The van der Waals surface area contributed by atoms with E-state index in [1.54, 1.807) is 24.3 Å². The van der Waals surface area contributed by atoms with Gasteiger partial charge in [-0.1, -0.05) is 26.2 Å². The predicted molar refractivity (Wildman–Crippen MR) is 85.2 cm³/mol. The summed E-state index contributed by atoms with van der Waals surface area (Å²) < 4.78 is 5.49. The highest BCUT2D eigenvalue weighted by molar-refractivity contribution is 5.89. The van der Waals surface area contributed by atoms with Crippen LogP contribution in [0.5, 0.6) is 0 Å². The number of carbonyl (C=O) groups is 1. The van der Waals surface area contributed by atoms with E-state index in [-0.39, 0.29) is 12.0 Å². The molecule has 1 aromatic rings. The zero-order valence-corrected chi connectivity index (χ0v) is 12.8. The van der Waals surface area contributed by atoms with Crippen molar-refractivity contribution in [1.82, 2.24) is 5.32 Å². The van der Waals surface area contributed by atoms with Gasteiger partial charge in [-0.3, -0.25) is 0 Å². The van der Waals surface area contributed by atoms with Crippen LogP contribution in [0.25, 0.3) is 0 Å². The van der Waals surface area contributed by atoms with Gasteiger partial charge in [-0.2, -0.15) is 0 Å². The molecule has 116 valence electrons. The fraction of sp³-hybridized carbons (Fsp3) is 0.588. The molecule has 21 heavy (non-hydrogen) atoms. The Morgan fingerprint density at radius 3 is 2.57 bits per heavy atom. The lowest BCUT2D eigenvalue weighted by Gasteiger charge is -2.30. The van der Waals surface area contributed by atoms with E-state index in [1.807, 2.05) is 0 Å². The molecule has 1 aliphatic carbocycles. The van der Waals surface area contributed by atoms with Gasteiger partial charge in [-0.25, -0.2) is 4.79 Å². The topological polar surface area (TPSA) is 64.3 Å². The highest BCUT2D eigenvalue weighted by Gasteiger charge is 2.24. The first-order valence-corrected chi connectivity index (χ1v) is 7.96. The maximum Gasteiger partial charge on any atom is 0.338 e. The van der Waals surface area contributed by atoms with Crippen molar-refractivity contribution in [2.45, 2.75) is 45.1 Å². The molecule has 0 unspecified atom stereocenters. The standard InChI is InChI=1S/C17H26N2O2/c1-2-19-16(13-6-4-3-5-7-13)12-21-17(20)14-8-10-15(18)11-9-14/h8-11,13,16,19H,2-7,12,18H2,1H3/t16-/m1/s1. The van der Waals surface area contributed by atoms with E-state index in [1.165, 1.54) is 32.1 Å². The van der Waals surface area contributed by atoms with Crippen LogP contribution in [0.1, 0.15) is 49.4 Å². The van der Waals surface area contributed by atoms with Gasteiger partial charge in [0.2, 0.25) is 0 Å². The molecule has 2 rings (SSSR count). The van der Waals surface area contributed by atoms with Crippen LogP contribution in [-0.4, -0.2) is 25.2 Å². The van der Waals surface area contributed by atoms with Crippen molar-refractivity contribution < 1.29 is 9.53 Å². The van der Waals surface area contributed by atoms with Gasteiger partial charge in [0.05, 0.1) is 5.56 Å². The molecule has 3 N–H and O–H groups in total. The predicted octanol–water partition coefficient (Wildman–Crippen LogP) is 2.98. The average Bonchev–Trinajstić information content (AvgIpc) is 2.52. The molecule has 0 aromatic heterocycles. The number of nitrogen functional groups attached to an aromatic ring is 1. The number of nitrogens with one attached hydrogen (secondary N) is 1. The molecule has 0 amide bonds. The van der Waals surface area contributed by atoms with Gasteiger partial charge < -0.3 is 15.8 Å². The number of benzene rings is 1. The number of carbonyl (C=O) groups excluding carboxylic acids is 1. The summed E-state index contributed by atoms with van der Waals surface area (Å²) in [5.74, 6) is 0.353. The zero-order chi connectivity index (χ0) is 15.1. The molecule has 1 aliphatic rings. The Kier molecular flexibility index (Phi) is 6.05. The largest absolute Gasteiger partial charge is 0.460 e. The summed E-state index contributed by atoms with van der Waals surface area (Å²) in [5, 5.41) is 3.47. The molecule has 4 nitrogen and oxygen atoms in total. The third-order valence-corrected chi connectivity index (χ3v) is 4.23. The van der Waals surface area contributed by atoms with Gasteiger partial charge in [0.25, 0.3) is 0 Å². The van der Waals surface area contributed by atoms with Crippen LogP contribution in [0.15, 0.2) is 24.3 Å². The molecule has 0 aliphatic heterocycles. The van der Waals surface area contributed by atoms with Crippen LogP contribution >= 0.6 is 0 Å². The smallest absolute Gasteiger partial charge is 0.338 e. The summed E-state index contributed by atoms with van der Waals surface area (Å²) in [5.41, 5.74) is 6.83. The first kappa shape index (κ1) is 15.8. The van der Waals surface area contributed by atoms with E-state index in [2.05, 4.69) is 12.2 Å². The molecule has 1 saturated carbocycles. The van der Waals surface area contributed by atoms with Crippen molar-refractivity contribution >= 4 is 11.7 Å². The van der Waals surface area contributed by atoms with Gasteiger partial charge >= 0.3 is 5.97 Å². The summed E-state index contributed by atoms with van der Waals surface area (Å²) in [6.45, 7) is 3.44. The maximum absolute atomic E-state index is 12.1. The van der Waals surface area contributed by atoms with E-state index in [0.29, 0.717) is 23.8 Å². The van der Waals surface area contributed by atoms with E-state index < -0.39 is 0 Å². The maximum atomic E-state index is 12.1. The SMILES string of the molecule is CCN[C@H](COC(=O)c1ccc(N)cc1)C1CCCCC1. The van der Waals surface area contributed by atoms with Crippen molar-refractivity contribution in [2.24, 2.45) is 5.92 Å². The highest BCUT2D eigenvalue weighted by atomic mass is 16.5. The van der Waals surface area contributed by atoms with Crippen LogP contribution in [0, 0.1) is 5.92 Å². The van der Waals surface area contributed by atoms with Crippen molar-refractivity contribution in [1.29, 1.82) is 0 Å². The number of hydrogen-bond donors (Lipinski definition) is 2. The van der Waals surface area contributed by atoms with Crippen LogP contribution in [0.3, 0.4) is 0 Å². The quantitative estimate of drug-likeness (QED) is 0.624. The number of nitrogens with two attached hydrogens (primary N) is 1. The van der Waals surface area contributed by atoms with Gasteiger partial charge in [-0.05, 0) is 49.6 Å². The Bertz CT molecular complexity index is 439. The molecular formula is C17H26N2O2. The molecular weight excluding hydrogens is 264 g/mol. The lowest BCUT2D eigenvalue weighted by molar-refractivity contribution is 0.0416. The van der Waals surface area contributed by atoms with Crippen LogP contribution < -0.4 is 11.1 Å². The minimum absolute atomic E-state index is 0.270. The lowest BCUT2D eigenvalue weighted by Crippen LogP contribution is -2.41. The zero-order valence-electron chi connectivity index (χ0n) is 12.8. The third kappa shape index (κ3) is 4.74. The Labute approximate surface area is 127 Å². The molecule has 0 heterocycles. The van der Waals surface area contributed by atoms with Crippen molar-refractivity contribution in [2.75, 3.05) is 18.9 Å². The summed E-state index contributed by atoms with van der Waals surface area (Å²) in [7, 11) is 0. The Morgan fingerprint density at radius 1 is 1.29 bits per heavy atom. The molecule has 0 radical (unpaired) electrons. The lowest BCUT2D eigenvalue weighted by atomic mass is 9.84. The molecule has 1 atom stereocenters. The minimum atomic E-state index is -0.270. The second kappa shape index (κ2) is 8.03. The van der Waals surface area contributed by atoms with Gasteiger partial charge in [0.1, 0.15) is 6.61 Å². The molecule has 4 heteroatoms. The van der Waals surface area contributed by atoms with Gasteiger partial charge in [-0.15, -0.1) is 0 Å². The number of rotatable bonds is 6. The second-order valence-corrected chi connectivity index (χ2v) is 5.78. The number of esters is 1. The summed E-state index contributed by atoms with van der Waals surface area (Å²) in [4.78, 5) is 12.1. The first-order chi connectivity index (χ1) is 10.2. The Hall–Kier alpha value is -1.55. The minimum Gasteiger partial charge on any atom is -0.460 e. The number of anilines is 1. The molecule has 0 saturated heterocycles. The van der Waals surface area contributed by atoms with Gasteiger partial charge in [0.15, 0.2) is 0 Å². The van der Waals surface area contributed by atoms with Crippen molar-refractivity contribution in [3.8, 4) is 0 Å². The van der Waals surface area contributed by atoms with Crippen LogP contribution in [-0.2, 0) is 4.74 Å². The third-order valence-electron chi connectivity index (χ3n) is 4.23. The molecule has 0 spiro atoms. The number of ether oxygens (including phenoxy) is 1. The van der Waals surface area contributed by atoms with E-state index in [0.717, 1.165) is 6.54 Å². The monoisotopic (exact) mass is 290 g/mol. The van der Waals surface area contributed by atoms with Gasteiger partial charge in [0, 0.05) is 11.7 Å². The fourth-order valence-electron chi connectivity index (χ4n) is 3.03.